The number of phenolic OH excluding ortho intramolecular Hbond substituents is 1. The molecule has 0 saturated carbocycles. The molecule has 1 amide bonds. The zero-order chi connectivity index (χ0) is 26.8. The number of carbonyl (C=O) groups is 2. The summed E-state index contributed by atoms with van der Waals surface area (Å²) < 4.78 is 31.7. The minimum absolute atomic E-state index is 0.0241. The number of nitrogens with zero attached hydrogens (tertiary/aromatic N) is 1. The Labute approximate surface area is 213 Å². The summed E-state index contributed by atoms with van der Waals surface area (Å²) in [7, 11) is 0. The van der Waals surface area contributed by atoms with Gasteiger partial charge in [0.1, 0.15) is 5.75 Å². The molecule has 1 heterocycles. The molecule has 1 unspecified atom stereocenters. The lowest BCUT2D eigenvalue weighted by Gasteiger charge is -2.25. The Bertz CT molecular complexity index is 1170. The van der Waals surface area contributed by atoms with Gasteiger partial charge in [0.05, 0.1) is 0 Å². The van der Waals surface area contributed by atoms with E-state index in [-0.39, 0.29) is 11.9 Å². The Hall–Kier alpha value is -3.85. The predicted octanol–water partition coefficient (Wildman–Crippen LogP) is 5.48. The molecule has 0 aromatic heterocycles. The third-order valence-electron chi connectivity index (χ3n) is 5.97. The van der Waals surface area contributed by atoms with Crippen molar-refractivity contribution in [1.82, 2.24) is 10.2 Å². The summed E-state index contributed by atoms with van der Waals surface area (Å²) >= 11 is 0. The predicted molar refractivity (Wildman–Crippen MR) is 134 cm³/mol. The van der Waals surface area contributed by atoms with Crippen LogP contribution in [0.3, 0.4) is 0 Å². The van der Waals surface area contributed by atoms with Gasteiger partial charge in [-0.25, -0.2) is 4.79 Å². The van der Waals surface area contributed by atoms with Gasteiger partial charge in [-0.05, 0) is 48.7 Å². The molecule has 3 aromatic rings. The fourth-order valence-corrected chi connectivity index (χ4v) is 4.08. The number of aliphatic carboxylic acids is 1. The van der Waals surface area contributed by atoms with Gasteiger partial charge in [-0.3, -0.25) is 9.69 Å². The molecular formula is C28H29F3N2O4. The largest absolute Gasteiger partial charge is 0.508 e. The van der Waals surface area contributed by atoms with Gasteiger partial charge in [0.2, 0.25) is 0 Å². The molecule has 0 bridgehead atoms. The second-order valence-corrected chi connectivity index (χ2v) is 8.78. The van der Waals surface area contributed by atoms with Crippen molar-refractivity contribution < 1.29 is 33.0 Å². The maximum Gasteiger partial charge on any atom is 0.490 e. The van der Waals surface area contributed by atoms with Crippen molar-refractivity contribution in [2.45, 2.75) is 38.0 Å². The number of phenols is 1. The number of benzene rings is 3. The number of rotatable bonds is 5. The first kappa shape index (κ1) is 27.7. The van der Waals surface area contributed by atoms with Crippen LogP contribution in [0.4, 0.5) is 13.2 Å². The van der Waals surface area contributed by atoms with E-state index in [2.05, 4.69) is 22.3 Å². The molecule has 0 spiro atoms. The second kappa shape index (κ2) is 12.9. The summed E-state index contributed by atoms with van der Waals surface area (Å²) in [4.78, 5) is 24.0. The lowest BCUT2D eigenvalue weighted by molar-refractivity contribution is -0.192. The standard InChI is InChI=1S/C26H28N2O2.C2HF3O2/c29-25-12-5-4-10-23(25)18-28-17-7-6-11-24(19-28)27-26(30)22-15-13-21(14-16-22)20-8-2-1-3-9-20;3-2(4,5)1(6)7/h1-5,8-10,12-16,24,29H,6-7,11,17-19H2,(H,27,30);(H,6,7). The molecule has 0 aliphatic carbocycles. The highest BCUT2D eigenvalue weighted by atomic mass is 19.4. The number of para-hydroxylation sites is 1. The third-order valence-corrected chi connectivity index (χ3v) is 5.97. The number of aromatic hydroxyl groups is 1. The Morgan fingerprint density at radius 3 is 2.11 bits per heavy atom. The average molecular weight is 515 g/mol. The van der Waals surface area contributed by atoms with Gasteiger partial charge >= 0.3 is 12.1 Å². The molecule has 1 fully saturated rings. The summed E-state index contributed by atoms with van der Waals surface area (Å²) in [5.41, 5.74) is 3.87. The minimum Gasteiger partial charge on any atom is -0.508 e. The van der Waals surface area contributed by atoms with Crippen LogP contribution < -0.4 is 5.32 Å². The topological polar surface area (TPSA) is 89.9 Å². The highest BCUT2D eigenvalue weighted by Gasteiger charge is 2.38. The molecule has 3 aromatic carbocycles. The van der Waals surface area contributed by atoms with Crippen LogP contribution in [-0.2, 0) is 11.3 Å². The first-order valence-electron chi connectivity index (χ1n) is 11.9. The van der Waals surface area contributed by atoms with Gasteiger partial charge < -0.3 is 15.5 Å². The fraction of sp³-hybridized carbons (Fsp3) is 0.286. The van der Waals surface area contributed by atoms with E-state index >= 15 is 0 Å². The Balaban J connectivity index is 0.000000479. The summed E-state index contributed by atoms with van der Waals surface area (Å²) in [6.45, 7) is 2.47. The average Bonchev–Trinajstić information content (AvgIpc) is 3.10. The summed E-state index contributed by atoms with van der Waals surface area (Å²) in [5.74, 6) is -2.45. The molecule has 1 aliphatic heterocycles. The molecule has 1 aliphatic rings. The Kier molecular flexibility index (Phi) is 9.68. The molecule has 1 saturated heterocycles. The maximum atomic E-state index is 12.8. The normalized spacial score (nSPS) is 16.1. The maximum absolute atomic E-state index is 12.8. The molecule has 0 radical (unpaired) electrons. The number of amides is 1. The summed E-state index contributed by atoms with van der Waals surface area (Å²) in [6.07, 6.45) is -1.91. The first-order valence-corrected chi connectivity index (χ1v) is 11.9. The monoisotopic (exact) mass is 514 g/mol. The van der Waals surface area contributed by atoms with E-state index in [9.17, 15) is 23.1 Å². The van der Waals surface area contributed by atoms with Gasteiger partial charge in [-0.15, -0.1) is 0 Å². The van der Waals surface area contributed by atoms with Crippen LogP contribution in [-0.4, -0.2) is 52.3 Å². The molecule has 4 rings (SSSR count). The molecule has 9 heteroatoms. The molecule has 37 heavy (non-hydrogen) atoms. The first-order chi connectivity index (χ1) is 17.6. The lowest BCUT2D eigenvalue weighted by atomic mass is 10.0. The van der Waals surface area contributed by atoms with Crippen LogP contribution in [0.25, 0.3) is 11.1 Å². The van der Waals surface area contributed by atoms with Crippen LogP contribution in [0.5, 0.6) is 5.75 Å². The van der Waals surface area contributed by atoms with Crippen LogP contribution in [0, 0.1) is 0 Å². The number of hydrogen-bond acceptors (Lipinski definition) is 4. The van der Waals surface area contributed by atoms with Gasteiger partial charge in [-0.1, -0.05) is 67.1 Å². The number of alkyl halides is 3. The van der Waals surface area contributed by atoms with Gasteiger partial charge in [0.25, 0.3) is 5.91 Å². The van der Waals surface area contributed by atoms with Crippen molar-refractivity contribution in [2.24, 2.45) is 0 Å². The van der Waals surface area contributed by atoms with Crippen molar-refractivity contribution in [3.05, 3.63) is 90.0 Å². The number of carbonyl (C=O) groups excluding carboxylic acids is 1. The van der Waals surface area contributed by atoms with Gasteiger partial charge in [0, 0.05) is 30.3 Å². The molecular weight excluding hydrogens is 485 g/mol. The van der Waals surface area contributed by atoms with Crippen molar-refractivity contribution in [2.75, 3.05) is 13.1 Å². The van der Waals surface area contributed by atoms with E-state index in [1.54, 1.807) is 6.07 Å². The number of likely N-dealkylation sites (tertiary alicyclic amines) is 1. The van der Waals surface area contributed by atoms with E-state index in [0.29, 0.717) is 17.9 Å². The SMILES string of the molecule is O=C(NC1CCCCN(Cc2ccccc2O)C1)c1ccc(-c2ccccc2)cc1.O=C(O)C(F)(F)F. The summed E-state index contributed by atoms with van der Waals surface area (Å²) in [5, 5.41) is 20.4. The Morgan fingerprint density at radius 2 is 1.49 bits per heavy atom. The van der Waals surface area contributed by atoms with E-state index in [1.165, 1.54) is 0 Å². The van der Waals surface area contributed by atoms with Crippen LogP contribution in [0.15, 0.2) is 78.9 Å². The highest BCUT2D eigenvalue weighted by molar-refractivity contribution is 5.94. The second-order valence-electron chi connectivity index (χ2n) is 8.78. The molecule has 1 atom stereocenters. The van der Waals surface area contributed by atoms with Crippen molar-refractivity contribution in [3.8, 4) is 16.9 Å². The molecule has 3 N–H and O–H groups in total. The Morgan fingerprint density at radius 1 is 0.892 bits per heavy atom. The number of halogens is 3. The zero-order valence-electron chi connectivity index (χ0n) is 20.1. The molecule has 196 valence electrons. The van der Waals surface area contributed by atoms with Crippen LogP contribution in [0.1, 0.15) is 35.2 Å². The van der Waals surface area contributed by atoms with E-state index in [0.717, 1.165) is 49.0 Å². The van der Waals surface area contributed by atoms with Crippen molar-refractivity contribution in [1.29, 1.82) is 0 Å². The fourth-order valence-electron chi connectivity index (χ4n) is 4.08. The number of carboxylic acids is 1. The van der Waals surface area contributed by atoms with Crippen LogP contribution >= 0.6 is 0 Å². The van der Waals surface area contributed by atoms with Crippen molar-refractivity contribution in [3.63, 3.8) is 0 Å². The third kappa shape index (κ3) is 8.64. The van der Waals surface area contributed by atoms with Gasteiger partial charge in [0.15, 0.2) is 0 Å². The van der Waals surface area contributed by atoms with Crippen LogP contribution in [0.2, 0.25) is 0 Å². The van der Waals surface area contributed by atoms with E-state index in [1.807, 2.05) is 60.7 Å². The number of hydrogen-bond donors (Lipinski definition) is 3. The minimum atomic E-state index is -5.08. The summed E-state index contributed by atoms with van der Waals surface area (Å²) in [6, 6.07) is 25.6. The smallest absolute Gasteiger partial charge is 0.490 e. The number of nitrogens with one attached hydrogen (secondary N) is 1. The lowest BCUT2D eigenvalue weighted by Crippen LogP contribution is -2.42. The zero-order valence-corrected chi connectivity index (χ0v) is 20.1. The van der Waals surface area contributed by atoms with E-state index in [4.69, 9.17) is 9.90 Å². The quantitative estimate of drug-likeness (QED) is 0.420. The molecule has 6 nitrogen and oxygen atoms in total. The highest BCUT2D eigenvalue weighted by Crippen LogP contribution is 2.22. The number of carboxylic acid groups (broad SMARTS) is 1. The van der Waals surface area contributed by atoms with Gasteiger partial charge in [-0.2, -0.15) is 13.2 Å². The van der Waals surface area contributed by atoms with E-state index < -0.39 is 12.1 Å². The van der Waals surface area contributed by atoms with Crippen molar-refractivity contribution >= 4 is 11.9 Å².